The highest BCUT2D eigenvalue weighted by molar-refractivity contribution is 5.91. The average molecular weight is 357 g/mol. The van der Waals surface area contributed by atoms with Crippen LogP contribution in [0, 0.1) is 11.8 Å². The molecule has 7 heteroatoms. The van der Waals surface area contributed by atoms with Gasteiger partial charge < -0.3 is 20.7 Å². The summed E-state index contributed by atoms with van der Waals surface area (Å²) in [7, 11) is 1.53. The van der Waals surface area contributed by atoms with E-state index in [0.29, 0.717) is 12.8 Å². The van der Waals surface area contributed by atoms with Crippen molar-refractivity contribution in [2.45, 2.75) is 79.0 Å². The van der Waals surface area contributed by atoms with Gasteiger partial charge >= 0.3 is 6.09 Å². The van der Waals surface area contributed by atoms with Crippen LogP contribution in [0.25, 0.3) is 0 Å². The maximum Gasteiger partial charge on any atom is 0.408 e. The number of nitrogens with one attached hydrogen (secondary N) is 3. The van der Waals surface area contributed by atoms with Crippen LogP contribution >= 0.6 is 0 Å². The largest absolute Gasteiger partial charge is 0.444 e. The Kier molecular flexibility index (Phi) is 9.52. The van der Waals surface area contributed by atoms with Crippen molar-refractivity contribution in [1.82, 2.24) is 16.0 Å². The Hall–Kier alpha value is -1.79. The van der Waals surface area contributed by atoms with Gasteiger partial charge in [-0.05, 0) is 39.0 Å². The van der Waals surface area contributed by atoms with E-state index < -0.39 is 23.8 Å². The Balaban J connectivity index is 5.15. The second-order valence-electron chi connectivity index (χ2n) is 7.81. The first-order valence-corrected chi connectivity index (χ1v) is 8.92. The lowest BCUT2D eigenvalue weighted by atomic mass is 9.97. The van der Waals surface area contributed by atoms with Crippen molar-refractivity contribution < 1.29 is 19.1 Å². The van der Waals surface area contributed by atoms with E-state index in [1.54, 1.807) is 20.8 Å². The molecule has 0 rings (SSSR count). The molecule has 0 aliphatic carbocycles. The van der Waals surface area contributed by atoms with Crippen molar-refractivity contribution in [1.29, 1.82) is 0 Å². The standard InChI is InChI=1S/C18H35N3O4/c1-9-12(4)14(21-17(24)25-18(5,6)7)16(23)20-13(10-11(2)3)15(22)19-8/h11-14H,9-10H2,1-8H3,(H,19,22)(H,20,23)(H,21,24)/t12?,13-,14-/m0/s1. The van der Waals surface area contributed by atoms with Crippen molar-refractivity contribution in [3.8, 4) is 0 Å². The molecule has 0 saturated carbocycles. The van der Waals surface area contributed by atoms with Crippen molar-refractivity contribution >= 4 is 17.9 Å². The van der Waals surface area contributed by atoms with Gasteiger partial charge in [-0.3, -0.25) is 9.59 Å². The highest BCUT2D eigenvalue weighted by Crippen LogP contribution is 2.12. The van der Waals surface area contributed by atoms with E-state index in [4.69, 9.17) is 4.74 Å². The summed E-state index contributed by atoms with van der Waals surface area (Å²) in [6.07, 6.45) is 0.571. The Morgan fingerprint density at radius 3 is 1.96 bits per heavy atom. The van der Waals surface area contributed by atoms with E-state index in [0.717, 1.165) is 0 Å². The predicted octanol–water partition coefficient (Wildman–Crippen LogP) is 2.20. The average Bonchev–Trinajstić information content (AvgIpc) is 2.48. The monoisotopic (exact) mass is 357 g/mol. The number of likely N-dealkylation sites (N-methyl/N-ethyl adjacent to an activating group) is 1. The molecule has 7 nitrogen and oxygen atoms in total. The van der Waals surface area contributed by atoms with Crippen LogP contribution in [0.5, 0.6) is 0 Å². The summed E-state index contributed by atoms with van der Waals surface area (Å²) in [5.74, 6) is -0.489. The van der Waals surface area contributed by atoms with E-state index in [1.807, 2.05) is 27.7 Å². The summed E-state index contributed by atoms with van der Waals surface area (Å²) >= 11 is 0. The molecule has 0 heterocycles. The van der Waals surface area contributed by atoms with E-state index in [1.165, 1.54) is 7.05 Å². The lowest BCUT2D eigenvalue weighted by molar-refractivity contribution is -0.130. The molecule has 0 spiro atoms. The minimum absolute atomic E-state index is 0.100. The fraction of sp³-hybridized carbons (Fsp3) is 0.833. The smallest absolute Gasteiger partial charge is 0.408 e. The maximum atomic E-state index is 12.7. The Morgan fingerprint density at radius 1 is 1.00 bits per heavy atom. The van der Waals surface area contributed by atoms with Gasteiger partial charge in [-0.15, -0.1) is 0 Å². The summed E-state index contributed by atoms with van der Waals surface area (Å²) < 4.78 is 5.24. The zero-order valence-electron chi connectivity index (χ0n) is 16.9. The van der Waals surface area contributed by atoms with Crippen LogP contribution in [0.2, 0.25) is 0 Å². The van der Waals surface area contributed by atoms with Crippen LogP contribution in [-0.2, 0) is 14.3 Å². The number of rotatable bonds is 8. The summed E-state index contributed by atoms with van der Waals surface area (Å²) in [6, 6.07) is -1.40. The molecule has 0 aromatic rings. The number of carbonyl (C=O) groups is 3. The third kappa shape index (κ3) is 9.31. The number of alkyl carbamates (subject to hydrolysis) is 1. The fourth-order valence-electron chi connectivity index (χ4n) is 2.28. The number of carbonyl (C=O) groups excluding carboxylic acids is 3. The molecule has 1 unspecified atom stereocenters. The first-order valence-electron chi connectivity index (χ1n) is 8.92. The highest BCUT2D eigenvalue weighted by atomic mass is 16.6. The molecule has 3 N–H and O–H groups in total. The van der Waals surface area contributed by atoms with E-state index in [-0.39, 0.29) is 23.7 Å². The molecular weight excluding hydrogens is 322 g/mol. The van der Waals surface area contributed by atoms with Crippen LogP contribution in [0.4, 0.5) is 4.79 Å². The topological polar surface area (TPSA) is 96.5 Å². The lowest BCUT2D eigenvalue weighted by Crippen LogP contribution is -2.56. The van der Waals surface area contributed by atoms with Gasteiger partial charge in [-0.1, -0.05) is 34.1 Å². The zero-order chi connectivity index (χ0) is 19.8. The summed E-state index contributed by atoms with van der Waals surface area (Å²) in [4.78, 5) is 36.8. The van der Waals surface area contributed by atoms with Crippen LogP contribution < -0.4 is 16.0 Å². The zero-order valence-corrected chi connectivity index (χ0v) is 16.9. The first-order chi connectivity index (χ1) is 11.4. The Labute approximate surface area is 151 Å². The van der Waals surface area contributed by atoms with Crippen molar-refractivity contribution in [2.24, 2.45) is 11.8 Å². The summed E-state index contributed by atoms with van der Waals surface area (Å²) in [6.45, 7) is 13.0. The normalized spacial score (nSPS) is 15.1. The van der Waals surface area contributed by atoms with Crippen LogP contribution in [-0.4, -0.2) is 42.6 Å². The molecule has 0 radical (unpaired) electrons. The van der Waals surface area contributed by atoms with Gasteiger partial charge in [-0.2, -0.15) is 0 Å². The molecule has 0 aliphatic heterocycles. The molecule has 0 aromatic carbocycles. The quantitative estimate of drug-likeness (QED) is 0.620. The molecule has 3 amide bonds. The highest BCUT2D eigenvalue weighted by Gasteiger charge is 2.31. The van der Waals surface area contributed by atoms with Gasteiger partial charge in [0, 0.05) is 7.05 Å². The minimum Gasteiger partial charge on any atom is -0.444 e. The van der Waals surface area contributed by atoms with Crippen LogP contribution in [0.15, 0.2) is 0 Å². The fourth-order valence-corrected chi connectivity index (χ4v) is 2.28. The predicted molar refractivity (Wildman–Crippen MR) is 98.1 cm³/mol. The summed E-state index contributed by atoms with van der Waals surface area (Å²) in [5, 5.41) is 7.96. The third-order valence-electron chi connectivity index (χ3n) is 3.75. The lowest BCUT2D eigenvalue weighted by Gasteiger charge is -2.28. The van der Waals surface area contributed by atoms with E-state index in [9.17, 15) is 14.4 Å². The SMILES string of the molecule is CCC(C)[C@H](NC(=O)OC(C)(C)C)C(=O)N[C@@H](CC(C)C)C(=O)NC. The van der Waals surface area contributed by atoms with Gasteiger partial charge in [0.25, 0.3) is 0 Å². The number of amides is 3. The summed E-state index contributed by atoms with van der Waals surface area (Å²) in [5.41, 5.74) is -0.650. The molecule has 0 aromatic heterocycles. The number of ether oxygens (including phenoxy) is 1. The van der Waals surface area contributed by atoms with E-state index in [2.05, 4.69) is 16.0 Å². The number of hydrogen-bond donors (Lipinski definition) is 3. The molecule has 3 atom stereocenters. The molecule has 146 valence electrons. The minimum atomic E-state index is -0.765. The first kappa shape index (κ1) is 23.2. The second-order valence-corrected chi connectivity index (χ2v) is 7.81. The third-order valence-corrected chi connectivity index (χ3v) is 3.75. The molecule has 25 heavy (non-hydrogen) atoms. The van der Waals surface area contributed by atoms with Crippen LogP contribution in [0.1, 0.15) is 61.3 Å². The van der Waals surface area contributed by atoms with Gasteiger partial charge in [0.15, 0.2) is 0 Å². The van der Waals surface area contributed by atoms with E-state index >= 15 is 0 Å². The van der Waals surface area contributed by atoms with Gasteiger partial charge in [0.05, 0.1) is 0 Å². The molecule has 0 aliphatic rings. The van der Waals surface area contributed by atoms with Crippen molar-refractivity contribution in [2.75, 3.05) is 7.05 Å². The molecule has 0 bridgehead atoms. The van der Waals surface area contributed by atoms with Crippen LogP contribution in [0.3, 0.4) is 0 Å². The van der Waals surface area contributed by atoms with Gasteiger partial charge in [0.1, 0.15) is 17.7 Å². The Morgan fingerprint density at radius 2 is 1.56 bits per heavy atom. The van der Waals surface area contributed by atoms with Crippen molar-refractivity contribution in [3.05, 3.63) is 0 Å². The molecule has 0 saturated heterocycles. The molecule has 0 fully saturated rings. The van der Waals surface area contributed by atoms with Crippen molar-refractivity contribution in [3.63, 3.8) is 0 Å². The van der Waals surface area contributed by atoms with Gasteiger partial charge in [0.2, 0.25) is 11.8 Å². The van der Waals surface area contributed by atoms with Gasteiger partial charge in [-0.25, -0.2) is 4.79 Å². The Bertz CT molecular complexity index is 458. The second kappa shape index (κ2) is 10.3. The molecular formula is C18H35N3O4. The number of hydrogen-bond acceptors (Lipinski definition) is 4. The maximum absolute atomic E-state index is 12.7.